The number of carbonyl (C=O) groups excluding carboxylic acids is 1. The van der Waals surface area contributed by atoms with Gasteiger partial charge in [0.2, 0.25) is 5.91 Å². The number of aliphatic hydroxyl groups is 1. The number of rotatable bonds is 6. The van der Waals surface area contributed by atoms with Crippen LogP contribution in [0, 0.1) is 11.8 Å². The Kier molecular flexibility index (Phi) is 5.85. The molecule has 0 aromatic rings. The van der Waals surface area contributed by atoms with Gasteiger partial charge in [0, 0.05) is 12.6 Å². The molecule has 1 amide bonds. The van der Waals surface area contributed by atoms with Crippen LogP contribution in [0.4, 0.5) is 0 Å². The standard InChI is InChI=1S/C13H21NO4/c1-9(5-4-8-15)14-12(16)10-6-2-3-7-11(10)13(17)18/h2-3,9-11,15H,4-8H2,1H3,(H,14,16)(H,17,18). The summed E-state index contributed by atoms with van der Waals surface area (Å²) < 4.78 is 0. The predicted molar refractivity (Wildman–Crippen MR) is 66.9 cm³/mol. The predicted octanol–water partition coefficient (Wildman–Crippen LogP) is 0.931. The Bertz CT molecular complexity index is 327. The van der Waals surface area contributed by atoms with Crippen molar-refractivity contribution < 1.29 is 19.8 Å². The first-order valence-electron chi connectivity index (χ1n) is 6.35. The number of amides is 1. The van der Waals surface area contributed by atoms with Gasteiger partial charge in [-0.25, -0.2) is 0 Å². The molecule has 0 bridgehead atoms. The zero-order chi connectivity index (χ0) is 13.5. The van der Waals surface area contributed by atoms with Gasteiger partial charge < -0.3 is 15.5 Å². The number of hydrogen-bond acceptors (Lipinski definition) is 3. The van der Waals surface area contributed by atoms with Crippen LogP contribution in [0.25, 0.3) is 0 Å². The van der Waals surface area contributed by atoms with Gasteiger partial charge in [-0.1, -0.05) is 12.2 Å². The first kappa shape index (κ1) is 14.7. The van der Waals surface area contributed by atoms with Crippen molar-refractivity contribution >= 4 is 11.9 Å². The Morgan fingerprint density at radius 1 is 1.33 bits per heavy atom. The van der Waals surface area contributed by atoms with Crippen LogP contribution in [0.1, 0.15) is 32.6 Å². The number of carbonyl (C=O) groups is 2. The molecule has 0 spiro atoms. The van der Waals surface area contributed by atoms with E-state index in [1.54, 1.807) is 0 Å². The second-order valence-electron chi connectivity index (χ2n) is 4.77. The molecule has 0 saturated heterocycles. The van der Waals surface area contributed by atoms with E-state index in [1.165, 1.54) is 0 Å². The second kappa shape index (κ2) is 7.16. The van der Waals surface area contributed by atoms with E-state index >= 15 is 0 Å². The quantitative estimate of drug-likeness (QED) is 0.616. The lowest BCUT2D eigenvalue weighted by Crippen LogP contribution is -2.42. The van der Waals surface area contributed by atoms with Gasteiger partial charge in [-0.05, 0) is 32.6 Å². The van der Waals surface area contributed by atoms with Crippen LogP contribution in [0.15, 0.2) is 12.2 Å². The molecule has 18 heavy (non-hydrogen) atoms. The number of aliphatic hydroxyl groups excluding tert-OH is 1. The normalized spacial score (nSPS) is 24.6. The van der Waals surface area contributed by atoms with Crippen molar-refractivity contribution in [2.45, 2.75) is 38.6 Å². The molecular formula is C13H21NO4. The molecule has 1 aliphatic rings. The first-order chi connectivity index (χ1) is 8.56. The third kappa shape index (κ3) is 4.14. The van der Waals surface area contributed by atoms with E-state index in [-0.39, 0.29) is 18.6 Å². The second-order valence-corrected chi connectivity index (χ2v) is 4.77. The Hall–Kier alpha value is -1.36. The smallest absolute Gasteiger partial charge is 0.307 e. The van der Waals surface area contributed by atoms with Gasteiger partial charge in [0.05, 0.1) is 11.8 Å². The highest BCUT2D eigenvalue weighted by atomic mass is 16.4. The summed E-state index contributed by atoms with van der Waals surface area (Å²) in [7, 11) is 0. The van der Waals surface area contributed by atoms with E-state index in [9.17, 15) is 9.59 Å². The molecule has 0 fully saturated rings. The Morgan fingerprint density at radius 3 is 2.50 bits per heavy atom. The maximum absolute atomic E-state index is 12.0. The fraction of sp³-hybridized carbons (Fsp3) is 0.692. The Labute approximate surface area is 107 Å². The highest BCUT2D eigenvalue weighted by molar-refractivity contribution is 5.85. The fourth-order valence-corrected chi connectivity index (χ4v) is 2.20. The Balaban J connectivity index is 2.53. The number of nitrogens with one attached hydrogen (secondary N) is 1. The molecule has 0 radical (unpaired) electrons. The van der Waals surface area contributed by atoms with Crippen LogP contribution in [0.5, 0.6) is 0 Å². The first-order valence-corrected chi connectivity index (χ1v) is 6.35. The minimum Gasteiger partial charge on any atom is -0.481 e. The van der Waals surface area contributed by atoms with Crippen molar-refractivity contribution in [3.8, 4) is 0 Å². The molecule has 5 heteroatoms. The maximum atomic E-state index is 12.0. The lowest BCUT2D eigenvalue weighted by Gasteiger charge is -2.26. The van der Waals surface area contributed by atoms with Gasteiger partial charge in [0.1, 0.15) is 0 Å². The minimum absolute atomic E-state index is 0.0370. The zero-order valence-corrected chi connectivity index (χ0v) is 10.6. The van der Waals surface area contributed by atoms with Crippen LogP contribution >= 0.6 is 0 Å². The molecule has 5 nitrogen and oxygen atoms in total. The summed E-state index contributed by atoms with van der Waals surface area (Å²) in [6.07, 6.45) is 5.91. The van der Waals surface area contributed by atoms with E-state index < -0.39 is 17.8 Å². The topological polar surface area (TPSA) is 86.6 Å². The molecule has 0 aromatic carbocycles. The molecule has 3 unspecified atom stereocenters. The van der Waals surface area contributed by atoms with Crippen molar-refractivity contribution in [3.63, 3.8) is 0 Å². The highest BCUT2D eigenvalue weighted by Crippen LogP contribution is 2.26. The van der Waals surface area contributed by atoms with Gasteiger partial charge >= 0.3 is 5.97 Å². The summed E-state index contributed by atoms with van der Waals surface area (Å²) in [6.45, 7) is 1.96. The van der Waals surface area contributed by atoms with E-state index in [2.05, 4.69) is 5.32 Å². The minimum atomic E-state index is -0.914. The van der Waals surface area contributed by atoms with Crippen LogP contribution in [-0.2, 0) is 9.59 Å². The molecule has 0 aromatic heterocycles. The molecule has 3 atom stereocenters. The van der Waals surface area contributed by atoms with Crippen LogP contribution in [0.3, 0.4) is 0 Å². The number of carboxylic acid groups (broad SMARTS) is 1. The van der Waals surface area contributed by atoms with E-state index in [1.807, 2.05) is 19.1 Å². The SMILES string of the molecule is CC(CCCO)NC(=O)C1CC=CCC1C(=O)O. The zero-order valence-electron chi connectivity index (χ0n) is 10.6. The third-order valence-corrected chi connectivity index (χ3v) is 3.27. The van der Waals surface area contributed by atoms with Crippen molar-refractivity contribution in [3.05, 3.63) is 12.2 Å². The molecule has 3 N–H and O–H groups in total. The van der Waals surface area contributed by atoms with Crippen LogP contribution in [0.2, 0.25) is 0 Å². The molecule has 1 aliphatic carbocycles. The van der Waals surface area contributed by atoms with Gasteiger partial charge in [-0.15, -0.1) is 0 Å². The summed E-state index contributed by atoms with van der Waals surface area (Å²) >= 11 is 0. The summed E-state index contributed by atoms with van der Waals surface area (Å²) in [4.78, 5) is 23.1. The number of carboxylic acids is 1. The summed E-state index contributed by atoms with van der Waals surface area (Å²) in [6, 6.07) is -0.0370. The molecule has 0 saturated carbocycles. The van der Waals surface area contributed by atoms with Gasteiger partial charge in [0.15, 0.2) is 0 Å². The van der Waals surface area contributed by atoms with Gasteiger partial charge in [0.25, 0.3) is 0 Å². The molecular weight excluding hydrogens is 234 g/mol. The lowest BCUT2D eigenvalue weighted by atomic mass is 9.82. The van der Waals surface area contributed by atoms with E-state index in [0.717, 1.165) is 0 Å². The van der Waals surface area contributed by atoms with Crippen LogP contribution in [-0.4, -0.2) is 34.7 Å². The van der Waals surface area contributed by atoms with Crippen molar-refractivity contribution in [1.29, 1.82) is 0 Å². The highest BCUT2D eigenvalue weighted by Gasteiger charge is 2.34. The molecule has 102 valence electrons. The monoisotopic (exact) mass is 255 g/mol. The summed E-state index contributed by atoms with van der Waals surface area (Å²) in [5.74, 6) is -2.22. The van der Waals surface area contributed by atoms with Crippen molar-refractivity contribution in [2.75, 3.05) is 6.61 Å². The van der Waals surface area contributed by atoms with Crippen LogP contribution < -0.4 is 5.32 Å². The number of aliphatic carboxylic acids is 1. The molecule has 0 heterocycles. The lowest BCUT2D eigenvalue weighted by molar-refractivity contribution is -0.147. The van der Waals surface area contributed by atoms with E-state index in [0.29, 0.717) is 25.7 Å². The number of allylic oxidation sites excluding steroid dienone is 2. The number of hydrogen-bond donors (Lipinski definition) is 3. The van der Waals surface area contributed by atoms with Gasteiger partial charge in [-0.2, -0.15) is 0 Å². The Morgan fingerprint density at radius 2 is 1.94 bits per heavy atom. The summed E-state index contributed by atoms with van der Waals surface area (Å²) in [5.41, 5.74) is 0. The van der Waals surface area contributed by atoms with Crippen molar-refractivity contribution in [2.24, 2.45) is 11.8 Å². The molecule has 0 aliphatic heterocycles. The van der Waals surface area contributed by atoms with Gasteiger partial charge in [-0.3, -0.25) is 9.59 Å². The van der Waals surface area contributed by atoms with E-state index in [4.69, 9.17) is 10.2 Å². The molecule has 1 rings (SSSR count). The maximum Gasteiger partial charge on any atom is 0.307 e. The average Bonchev–Trinajstić information content (AvgIpc) is 2.36. The summed E-state index contributed by atoms with van der Waals surface area (Å²) in [5, 5.41) is 20.6. The third-order valence-electron chi connectivity index (χ3n) is 3.27. The largest absolute Gasteiger partial charge is 0.481 e. The van der Waals surface area contributed by atoms with Crippen molar-refractivity contribution in [1.82, 2.24) is 5.32 Å². The average molecular weight is 255 g/mol. The fourth-order valence-electron chi connectivity index (χ4n) is 2.20.